The van der Waals surface area contributed by atoms with Crippen molar-refractivity contribution >= 4 is 23.2 Å². The van der Waals surface area contributed by atoms with Crippen LogP contribution in [0.3, 0.4) is 0 Å². The molecular weight excluding hydrogens is 450 g/mol. The van der Waals surface area contributed by atoms with Gasteiger partial charge in [0.15, 0.2) is 5.65 Å². The van der Waals surface area contributed by atoms with E-state index in [2.05, 4.69) is 10.4 Å². The van der Waals surface area contributed by atoms with Gasteiger partial charge in [0.25, 0.3) is 0 Å². The zero-order valence-corrected chi connectivity index (χ0v) is 17.1. The summed E-state index contributed by atoms with van der Waals surface area (Å²) in [6.07, 6.45) is -4.68. The number of aromatic nitrogens is 3. The molecule has 176 valence electrons. The highest BCUT2D eigenvalue weighted by Gasteiger charge is 2.38. The van der Waals surface area contributed by atoms with Crippen LogP contribution in [0.2, 0.25) is 0 Å². The number of benzene rings is 1. The van der Waals surface area contributed by atoms with Gasteiger partial charge in [-0.05, 0) is 35.4 Å². The number of pyridine rings is 1. The molecule has 0 bridgehead atoms. The number of carbonyl (C=O) groups is 2. The lowest BCUT2D eigenvalue weighted by atomic mass is 10.1. The van der Waals surface area contributed by atoms with E-state index >= 15 is 0 Å². The van der Waals surface area contributed by atoms with Crippen molar-refractivity contribution in [2.45, 2.75) is 19.6 Å². The van der Waals surface area contributed by atoms with E-state index in [4.69, 9.17) is 15.6 Å². The van der Waals surface area contributed by atoms with E-state index in [9.17, 15) is 27.2 Å². The number of anilines is 1. The van der Waals surface area contributed by atoms with Gasteiger partial charge in [0.05, 0.1) is 18.6 Å². The summed E-state index contributed by atoms with van der Waals surface area (Å²) < 4.78 is 47.2. The summed E-state index contributed by atoms with van der Waals surface area (Å²) >= 11 is 0. The number of hydrogen-bond acceptors (Lipinski definition) is 5. The number of amides is 1. The number of halogens is 4. The number of rotatable bonds is 5. The second-order valence-electron chi connectivity index (χ2n) is 6.58. The Balaban J connectivity index is 0.000000479. The summed E-state index contributed by atoms with van der Waals surface area (Å²) in [5.41, 5.74) is 7.90. The molecular formula is C20H19F4N5O4. The number of carboxylic acid groups (broad SMARTS) is 1. The molecule has 0 fully saturated rings. The quantitative estimate of drug-likeness (QED) is 0.492. The van der Waals surface area contributed by atoms with Crippen LogP contribution in [0, 0.1) is 0 Å². The number of aliphatic carboxylic acids is 1. The Bertz CT molecular complexity index is 1230. The molecule has 0 saturated carbocycles. The molecule has 0 aliphatic heterocycles. The molecule has 3 rings (SSSR count). The maximum atomic E-state index is 12.8. The minimum atomic E-state index is -5.08. The highest BCUT2D eigenvalue weighted by Crippen LogP contribution is 2.21. The van der Waals surface area contributed by atoms with E-state index in [1.54, 1.807) is 42.5 Å². The average molecular weight is 469 g/mol. The number of carbonyl (C=O) groups excluding carboxylic acids is 1. The number of hydrogen-bond donors (Lipinski definition) is 3. The van der Waals surface area contributed by atoms with Gasteiger partial charge < -0.3 is 16.2 Å². The second-order valence-corrected chi connectivity index (χ2v) is 6.58. The van der Waals surface area contributed by atoms with Crippen LogP contribution in [0.25, 0.3) is 16.9 Å². The molecule has 33 heavy (non-hydrogen) atoms. The number of nitrogens with one attached hydrogen (secondary N) is 1. The summed E-state index contributed by atoms with van der Waals surface area (Å²) in [6, 6.07) is 12.4. The van der Waals surface area contributed by atoms with Crippen molar-refractivity contribution in [2.75, 3.05) is 11.9 Å². The largest absolute Gasteiger partial charge is 0.490 e. The zero-order valence-electron chi connectivity index (χ0n) is 17.1. The van der Waals surface area contributed by atoms with Crippen LogP contribution in [0.4, 0.5) is 23.2 Å². The highest BCUT2D eigenvalue weighted by atomic mass is 19.4. The lowest BCUT2D eigenvalue weighted by Crippen LogP contribution is -2.24. The molecule has 0 spiro atoms. The van der Waals surface area contributed by atoms with Gasteiger partial charge in [-0.25, -0.2) is 23.1 Å². The maximum absolute atomic E-state index is 12.8. The molecule has 0 unspecified atom stereocenters. The van der Waals surface area contributed by atoms with Crippen molar-refractivity contribution in [2.24, 2.45) is 5.73 Å². The molecule has 0 aliphatic carbocycles. The van der Waals surface area contributed by atoms with Gasteiger partial charge in [-0.3, -0.25) is 4.79 Å². The SMILES string of the molecule is CC(=O)Nc1ccc(-c2cccc3nn(C/C(=C/F)CN)c(=O)n23)cc1.O=C(O)C(F)(F)F. The number of fused-ring (bicyclic) bond motifs is 1. The lowest BCUT2D eigenvalue weighted by molar-refractivity contribution is -0.192. The number of alkyl halides is 3. The molecule has 0 atom stereocenters. The predicted molar refractivity (Wildman–Crippen MR) is 111 cm³/mol. The van der Waals surface area contributed by atoms with Crippen LogP contribution in [0.5, 0.6) is 0 Å². The minimum Gasteiger partial charge on any atom is -0.475 e. The molecule has 2 aromatic heterocycles. The molecule has 9 nitrogen and oxygen atoms in total. The second kappa shape index (κ2) is 10.5. The van der Waals surface area contributed by atoms with Crippen molar-refractivity contribution in [3.63, 3.8) is 0 Å². The van der Waals surface area contributed by atoms with Crippen LogP contribution in [-0.2, 0) is 16.1 Å². The Kier molecular flexibility index (Phi) is 8.07. The number of carboxylic acids is 1. The van der Waals surface area contributed by atoms with E-state index in [-0.39, 0.29) is 30.3 Å². The Morgan fingerprint density at radius 3 is 2.27 bits per heavy atom. The molecule has 2 heterocycles. The molecule has 0 aliphatic rings. The fourth-order valence-corrected chi connectivity index (χ4v) is 2.65. The fraction of sp³-hybridized carbons (Fsp3) is 0.200. The topological polar surface area (TPSA) is 132 Å². The summed E-state index contributed by atoms with van der Waals surface area (Å²) in [7, 11) is 0. The van der Waals surface area contributed by atoms with Crippen molar-refractivity contribution in [1.29, 1.82) is 0 Å². The first-order valence-corrected chi connectivity index (χ1v) is 9.22. The third-order valence-electron chi connectivity index (χ3n) is 4.12. The lowest BCUT2D eigenvalue weighted by Gasteiger charge is -2.06. The maximum Gasteiger partial charge on any atom is 0.490 e. The van der Waals surface area contributed by atoms with E-state index in [1.165, 1.54) is 16.0 Å². The monoisotopic (exact) mass is 469 g/mol. The summed E-state index contributed by atoms with van der Waals surface area (Å²) in [4.78, 5) is 32.7. The zero-order chi connectivity index (χ0) is 24.8. The summed E-state index contributed by atoms with van der Waals surface area (Å²) in [5, 5.41) is 14.1. The van der Waals surface area contributed by atoms with E-state index in [0.717, 1.165) is 5.56 Å². The van der Waals surface area contributed by atoms with E-state index in [1.807, 2.05) is 0 Å². The van der Waals surface area contributed by atoms with Gasteiger partial charge in [0, 0.05) is 19.2 Å². The standard InChI is InChI=1S/C18H18FN5O2.C2HF3O2/c1-12(25)21-15-7-5-14(6-8-15)16-3-2-4-17-22-23(18(26)24(16)17)11-13(9-19)10-20;3-2(4,5)1(6)7/h2-9H,10-11,20H2,1H3,(H,21,25);(H,6,7)/b13-9+;. The van der Waals surface area contributed by atoms with Gasteiger partial charge in [-0.15, -0.1) is 5.10 Å². The van der Waals surface area contributed by atoms with Gasteiger partial charge in [0.1, 0.15) is 0 Å². The molecule has 1 aromatic carbocycles. The Morgan fingerprint density at radius 1 is 1.18 bits per heavy atom. The molecule has 0 saturated heterocycles. The van der Waals surface area contributed by atoms with Crippen LogP contribution >= 0.6 is 0 Å². The molecule has 13 heteroatoms. The Hall–Kier alpha value is -4.00. The van der Waals surface area contributed by atoms with Crippen molar-refractivity contribution in [1.82, 2.24) is 14.2 Å². The highest BCUT2D eigenvalue weighted by molar-refractivity contribution is 5.88. The first kappa shape index (κ1) is 25.3. The summed E-state index contributed by atoms with van der Waals surface area (Å²) in [5.74, 6) is -2.92. The van der Waals surface area contributed by atoms with Gasteiger partial charge in [-0.1, -0.05) is 18.2 Å². The van der Waals surface area contributed by atoms with Crippen LogP contribution < -0.4 is 16.7 Å². The number of nitrogens with two attached hydrogens (primary N) is 1. The predicted octanol–water partition coefficient (Wildman–Crippen LogP) is 2.57. The molecule has 1 amide bonds. The van der Waals surface area contributed by atoms with E-state index < -0.39 is 12.1 Å². The molecule has 4 N–H and O–H groups in total. The first-order valence-electron chi connectivity index (χ1n) is 9.22. The van der Waals surface area contributed by atoms with Crippen molar-refractivity contribution < 1.29 is 32.3 Å². The van der Waals surface area contributed by atoms with Crippen LogP contribution in [0.15, 0.2) is 59.2 Å². The number of nitrogens with zero attached hydrogens (tertiary/aromatic N) is 3. The van der Waals surface area contributed by atoms with Crippen molar-refractivity contribution in [3.05, 3.63) is 64.9 Å². The summed E-state index contributed by atoms with van der Waals surface area (Å²) in [6.45, 7) is 1.44. The van der Waals surface area contributed by atoms with Crippen LogP contribution in [0.1, 0.15) is 6.92 Å². The molecule has 3 aromatic rings. The third-order valence-corrected chi connectivity index (χ3v) is 4.12. The van der Waals surface area contributed by atoms with Crippen molar-refractivity contribution in [3.8, 4) is 11.3 Å². The van der Waals surface area contributed by atoms with Gasteiger partial charge >= 0.3 is 17.8 Å². The molecule has 0 radical (unpaired) electrons. The van der Waals surface area contributed by atoms with E-state index in [0.29, 0.717) is 23.4 Å². The Labute approximate surface area is 183 Å². The first-order chi connectivity index (χ1) is 15.5. The average Bonchev–Trinajstić information content (AvgIpc) is 3.07. The normalized spacial score (nSPS) is 11.6. The van der Waals surface area contributed by atoms with Gasteiger partial charge in [-0.2, -0.15) is 13.2 Å². The fourth-order valence-electron chi connectivity index (χ4n) is 2.65. The third kappa shape index (κ3) is 6.49. The minimum absolute atomic E-state index is 0.00553. The van der Waals surface area contributed by atoms with Crippen LogP contribution in [-0.4, -0.2) is 43.9 Å². The Morgan fingerprint density at radius 2 is 1.79 bits per heavy atom. The van der Waals surface area contributed by atoms with Gasteiger partial charge in [0.2, 0.25) is 5.91 Å². The smallest absolute Gasteiger partial charge is 0.475 e.